The molecule has 0 unspecified atom stereocenters. The fourth-order valence-corrected chi connectivity index (χ4v) is 4.41. The van der Waals surface area contributed by atoms with Crippen molar-refractivity contribution in [2.24, 2.45) is 5.10 Å². The zero-order valence-corrected chi connectivity index (χ0v) is 17.0. The number of hydrazone groups is 1. The van der Waals surface area contributed by atoms with Crippen molar-refractivity contribution >= 4 is 11.4 Å². The second-order valence-corrected chi connectivity index (χ2v) is 7.86. The molecule has 3 aromatic carbocycles. The molecule has 3 aliphatic rings. The third-order valence-electron chi connectivity index (χ3n) is 5.96. The first-order chi connectivity index (χ1) is 15.7. The van der Waals surface area contributed by atoms with Crippen molar-refractivity contribution in [2.75, 3.05) is 13.2 Å². The zero-order chi connectivity index (χ0) is 21.7. The number of rotatable bonds is 3. The van der Waals surface area contributed by atoms with Crippen LogP contribution >= 0.6 is 0 Å². The molecule has 0 saturated heterocycles. The Morgan fingerprint density at radius 2 is 1.72 bits per heavy atom. The molecule has 3 heterocycles. The van der Waals surface area contributed by atoms with E-state index in [2.05, 4.69) is 6.07 Å². The first-order valence-electron chi connectivity index (χ1n) is 10.4. The van der Waals surface area contributed by atoms with Gasteiger partial charge >= 0.3 is 0 Å². The van der Waals surface area contributed by atoms with E-state index in [1.54, 1.807) is 12.1 Å². The molecule has 0 fully saturated rings. The van der Waals surface area contributed by atoms with Gasteiger partial charge in [-0.1, -0.05) is 18.2 Å². The maximum Gasteiger partial charge on any atom is 0.269 e. The molecule has 0 N–H and O–H groups in total. The van der Waals surface area contributed by atoms with Gasteiger partial charge < -0.3 is 14.2 Å². The third-order valence-corrected chi connectivity index (χ3v) is 5.96. The van der Waals surface area contributed by atoms with Crippen molar-refractivity contribution in [3.63, 3.8) is 0 Å². The Kier molecular flexibility index (Phi) is 4.24. The van der Waals surface area contributed by atoms with E-state index >= 15 is 0 Å². The molecule has 0 radical (unpaired) electrons. The first kappa shape index (κ1) is 18.7. The predicted octanol–water partition coefficient (Wildman–Crippen LogP) is 4.61. The number of nitrogens with zero attached hydrogens (tertiary/aromatic N) is 3. The van der Waals surface area contributed by atoms with E-state index in [0.717, 1.165) is 39.7 Å². The number of benzene rings is 3. The van der Waals surface area contributed by atoms with Crippen LogP contribution in [-0.4, -0.2) is 28.9 Å². The van der Waals surface area contributed by atoms with E-state index in [-0.39, 0.29) is 11.7 Å². The van der Waals surface area contributed by atoms with Gasteiger partial charge in [0, 0.05) is 35.2 Å². The minimum absolute atomic E-state index is 0.00310. The smallest absolute Gasteiger partial charge is 0.269 e. The lowest BCUT2D eigenvalue weighted by atomic mass is 9.95. The van der Waals surface area contributed by atoms with Crippen molar-refractivity contribution in [1.82, 2.24) is 5.01 Å². The number of hydrogen-bond acceptors (Lipinski definition) is 7. The number of fused-ring (bicyclic) bond motifs is 4. The van der Waals surface area contributed by atoms with Gasteiger partial charge in [-0.2, -0.15) is 5.10 Å². The lowest BCUT2D eigenvalue weighted by Gasteiger charge is -2.38. The predicted molar refractivity (Wildman–Crippen MR) is 116 cm³/mol. The molecule has 2 atom stereocenters. The first-order valence-corrected chi connectivity index (χ1v) is 10.4. The fourth-order valence-electron chi connectivity index (χ4n) is 4.41. The molecule has 0 aromatic heterocycles. The Morgan fingerprint density at radius 3 is 2.53 bits per heavy atom. The maximum absolute atomic E-state index is 11.1. The Bertz CT molecular complexity index is 1240. The summed E-state index contributed by atoms with van der Waals surface area (Å²) in [7, 11) is 0. The summed E-state index contributed by atoms with van der Waals surface area (Å²) in [5.74, 6) is 2.27. The highest BCUT2D eigenvalue weighted by Crippen LogP contribution is 2.47. The quantitative estimate of drug-likeness (QED) is 0.446. The zero-order valence-electron chi connectivity index (χ0n) is 17.0. The average molecular weight is 429 g/mol. The molecule has 0 amide bonds. The van der Waals surface area contributed by atoms with Crippen LogP contribution in [0, 0.1) is 10.1 Å². The van der Waals surface area contributed by atoms with Crippen LogP contribution in [-0.2, 0) is 0 Å². The minimum atomic E-state index is -0.481. The standard InChI is InChI=1S/C24H19N3O5/c28-27(29)17-8-5-15(6-9-17)24-26-20(18-3-1-2-4-21(18)32-24)14-19(25-26)16-7-10-22-23(13-16)31-12-11-30-22/h1-10,13,20,24H,11-12,14H2/t20-,24-/m1/s1. The Balaban J connectivity index is 1.39. The topological polar surface area (TPSA) is 86.4 Å². The maximum atomic E-state index is 11.1. The van der Waals surface area contributed by atoms with Crippen LogP contribution in [0.4, 0.5) is 5.69 Å². The monoisotopic (exact) mass is 429 g/mol. The molecule has 0 saturated carbocycles. The molecule has 8 heteroatoms. The van der Waals surface area contributed by atoms with E-state index in [0.29, 0.717) is 19.6 Å². The summed E-state index contributed by atoms with van der Waals surface area (Å²) in [5, 5.41) is 18.0. The molecule has 0 bridgehead atoms. The highest BCUT2D eigenvalue weighted by atomic mass is 16.6. The fraction of sp³-hybridized carbons (Fsp3) is 0.208. The van der Waals surface area contributed by atoms with Crippen LogP contribution in [0.25, 0.3) is 0 Å². The number of nitro groups is 1. The third kappa shape index (κ3) is 3.03. The second-order valence-electron chi connectivity index (χ2n) is 7.86. The Hall–Kier alpha value is -4.07. The number of para-hydroxylation sites is 1. The number of non-ortho nitro benzene ring substituents is 1. The van der Waals surface area contributed by atoms with Gasteiger partial charge in [0.2, 0.25) is 6.23 Å². The molecule has 6 rings (SSSR count). The summed E-state index contributed by atoms with van der Waals surface area (Å²) >= 11 is 0. The molecule has 8 nitrogen and oxygen atoms in total. The van der Waals surface area contributed by atoms with Gasteiger partial charge in [-0.3, -0.25) is 10.1 Å². The van der Waals surface area contributed by atoms with Gasteiger partial charge in [-0.25, -0.2) is 5.01 Å². The van der Waals surface area contributed by atoms with Crippen LogP contribution in [0.3, 0.4) is 0 Å². The lowest BCUT2D eigenvalue weighted by Crippen LogP contribution is -2.33. The number of ether oxygens (including phenoxy) is 3. The van der Waals surface area contributed by atoms with E-state index in [1.807, 2.05) is 41.4 Å². The van der Waals surface area contributed by atoms with E-state index < -0.39 is 11.2 Å². The summed E-state index contributed by atoms with van der Waals surface area (Å²) < 4.78 is 17.7. The largest absolute Gasteiger partial charge is 0.486 e. The van der Waals surface area contributed by atoms with E-state index in [1.165, 1.54) is 12.1 Å². The average Bonchev–Trinajstić information content (AvgIpc) is 3.29. The van der Waals surface area contributed by atoms with Gasteiger partial charge in [-0.15, -0.1) is 0 Å². The van der Waals surface area contributed by atoms with Gasteiger partial charge in [0.15, 0.2) is 11.5 Å². The molecule has 32 heavy (non-hydrogen) atoms. The van der Waals surface area contributed by atoms with Crippen molar-refractivity contribution in [3.8, 4) is 17.2 Å². The summed E-state index contributed by atoms with van der Waals surface area (Å²) in [6.07, 6.45) is 0.231. The molecule has 160 valence electrons. The number of hydrogen-bond donors (Lipinski definition) is 0. The summed E-state index contributed by atoms with van der Waals surface area (Å²) in [6, 6.07) is 20.3. The molecule has 3 aliphatic heterocycles. The number of nitro benzene ring substituents is 1. The van der Waals surface area contributed by atoms with Crippen LogP contribution in [0.15, 0.2) is 71.8 Å². The summed E-state index contributed by atoms with van der Waals surface area (Å²) in [5.41, 5.74) is 3.83. The van der Waals surface area contributed by atoms with Crippen LogP contribution in [0.5, 0.6) is 17.2 Å². The van der Waals surface area contributed by atoms with Crippen molar-refractivity contribution < 1.29 is 19.1 Å². The van der Waals surface area contributed by atoms with Crippen molar-refractivity contribution in [1.29, 1.82) is 0 Å². The Morgan fingerprint density at radius 1 is 0.938 bits per heavy atom. The summed E-state index contributed by atoms with van der Waals surface area (Å²) in [6.45, 7) is 1.08. The van der Waals surface area contributed by atoms with Gasteiger partial charge in [0.05, 0.1) is 16.7 Å². The molecule has 0 spiro atoms. The normalized spacial score (nSPS) is 20.6. The van der Waals surface area contributed by atoms with Crippen LogP contribution in [0.2, 0.25) is 0 Å². The van der Waals surface area contributed by atoms with Gasteiger partial charge in [0.25, 0.3) is 5.69 Å². The Labute approximate surface area is 183 Å². The van der Waals surface area contributed by atoms with Crippen LogP contribution < -0.4 is 14.2 Å². The van der Waals surface area contributed by atoms with Crippen LogP contribution in [0.1, 0.15) is 35.4 Å². The van der Waals surface area contributed by atoms with Crippen molar-refractivity contribution in [2.45, 2.75) is 18.7 Å². The molecular weight excluding hydrogens is 410 g/mol. The van der Waals surface area contributed by atoms with Crippen molar-refractivity contribution in [3.05, 3.63) is 93.5 Å². The summed E-state index contributed by atoms with van der Waals surface area (Å²) in [4.78, 5) is 10.7. The lowest BCUT2D eigenvalue weighted by molar-refractivity contribution is -0.384. The van der Waals surface area contributed by atoms with Gasteiger partial charge in [-0.05, 0) is 36.4 Å². The molecular formula is C24H19N3O5. The highest BCUT2D eigenvalue weighted by Gasteiger charge is 2.41. The van der Waals surface area contributed by atoms with Gasteiger partial charge in [0.1, 0.15) is 19.0 Å². The highest BCUT2D eigenvalue weighted by molar-refractivity contribution is 6.02. The molecule has 0 aliphatic carbocycles. The van der Waals surface area contributed by atoms with E-state index in [9.17, 15) is 10.1 Å². The molecule has 3 aromatic rings. The minimum Gasteiger partial charge on any atom is -0.486 e. The second kappa shape index (κ2) is 7.26. The van der Waals surface area contributed by atoms with E-state index in [4.69, 9.17) is 19.3 Å². The SMILES string of the molecule is O=[N+]([O-])c1ccc([C@H]2Oc3ccccc3[C@H]3CC(c4ccc5c(c4)OCCO5)=NN32)cc1.